The van der Waals surface area contributed by atoms with E-state index in [2.05, 4.69) is 15.9 Å². The monoisotopic (exact) mass is 285 g/mol. The lowest BCUT2D eigenvalue weighted by Gasteiger charge is -2.18. The number of halogens is 2. The number of hydrogen-bond donors (Lipinski definition) is 1. The maximum Gasteiger partial charge on any atom is 0.138 e. The van der Waals surface area contributed by atoms with Crippen LogP contribution in [-0.4, -0.2) is 15.3 Å². The lowest BCUT2D eigenvalue weighted by Crippen LogP contribution is -2.25. The van der Waals surface area contributed by atoms with E-state index in [4.69, 9.17) is 0 Å². The Morgan fingerprint density at radius 3 is 2.75 bits per heavy atom. The van der Waals surface area contributed by atoms with Gasteiger partial charge in [-0.3, -0.25) is 0 Å². The van der Waals surface area contributed by atoms with Gasteiger partial charge in [-0.25, -0.2) is 4.39 Å². The molecule has 0 radical (unpaired) electrons. The van der Waals surface area contributed by atoms with E-state index < -0.39 is 5.60 Å². The summed E-state index contributed by atoms with van der Waals surface area (Å²) >= 11 is 3.16. The third kappa shape index (κ3) is 2.28. The normalized spacial score (nSPS) is 12.3. The fourth-order valence-corrected chi connectivity index (χ4v) is 2.07. The van der Waals surface area contributed by atoms with Crippen LogP contribution < -0.4 is 0 Å². The molecule has 2 nitrogen and oxygen atoms in total. The molecular weight excluding hydrogens is 273 g/mol. The predicted octanol–water partition coefficient (Wildman–Crippen LogP) is 3.31. The predicted molar refractivity (Wildman–Crippen MR) is 65.9 cm³/mol. The standard InChI is InChI=1S/C12H13BrFNO/c1-12(2,16)7-15-4-3-8-5-10(14)9(13)6-11(8)15/h3-6,16H,7H2,1-2H3. The van der Waals surface area contributed by atoms with Crippen molar-refractivity contribution >= 4 is 26.8 Å². The second-order valence-electron chi connectivity index (χ2n) is 4.58. The third-order valence-corrected chi connectivity index (χ3v) is 2.98. The Balaban J connectivity index is 2.52. The van der Waals surface area contributed by atoms with E-state index in [1.54, 1.807) is 19.9 Å². The van der Waals surface area contributed by atoms with Gasteiger partial charge >= 0.3 is 0 Å². The van der Waals surface area contributed by atoms with Crippen LogP contribution >= 0.6 is 15.9 Å². The van der Waals surface area contributed by atoms with Crippen LogP contribution in [0, 0.1) is 5.82 Å². The number of benzene rings is 1. The van der Waals surface area contributed by atoms with Gasteiger partial charge < -0.3 is 9.67 Å². The third-order valence-electron chi connectivity index (χ3n) is 2.37. The van der Waals surface area contributed by atoms with Crippen LogP contribution in [0.25, 0.3) is 10.9 Å². The first-order chi connectivity index (χ1) is 7.37. The highest BCUT2D eigenvalue weighted by Crippen LogP contribution is 2.25. The molecule has 0 spiro atoms. The van der Waals surface area contributed by atoms with Gasteiger partial charge in [0.15, 0.2) is 0 Å². The van der Waals surface area contributed by atoms with Gasteiger partial charge in [-0.15, -0.1) is 0 Å². The molecule has 0 aliphatic rings. The first-order valence-electron chi connectivity index (χ1n) is 5.03. The Hall–Kier alpha value is -0.870. The van der Waals surface area contributed by atoms with Gasteiger partial charge in [-0.2, -0.15) is 0 Å². The number of nitrogens with zero attached hydrogens (tertiary/aromatic N) is 1. The van der Waals surface area contributed by atoms with Gasteiger partial charge in [0.05, 0.1) is 16.6 Å². The molecule has 16 heavy (non-hydrogen) atoms. The topological polar surface area (TPSA) is 25.2 Å². The van der Waals surface area contributed by atoms with E-state index in [1.807, 2.05) is 16.8 Å². The molecular formula is C12H13BrFNO. The van der Waals surface area contributed by atoms with Crippen molar-refractivity contribution in [2.45, 2.75) is 26.0 Å². The summed E-state index contributed by atoms with van der Waals surface area (Å²) in [5, 5.41) is 10.6. The average molecular weight is 286 g/mol. The molecule has 0 atom stereocenters. The van der Waals surface area contributed by atoms with E-state index >= 15 is 0 Å². The molecule has 2 aromatic rings. The molecule has 0 amide bonds. The van der Waals surface area contributed by atoms with Crippen molar-refractivity contribution in [2.75, 3.05) is 0 Å². The summed E-state index contributed by atoms with van der Waals surface area (Å²) in [5.74, 6) is -0.270. The van der Waals surface area contributed by atoms with Gasteiger partial charge in [-0.05, 0) is 48.0 Å². The van der Waals surface area contributed by atoms with Gasteiger partial charge in [0.2, 0.25) is 0 Å². The zero-order chi connectivity index (χ0) is 11.9. The minimum absolute atomic E-state index is 0.270. The van der Waals surface area contributed by atoms with Crippen molar-refractivity contribution in [3.63, 3.8) is 0 Å². The van der Waals surface area contributed by atoms with E-state index in [0.717, 1.165) is 10.9 Å². The molecule has 0 aliphatic heterocycles. The Labute approximate surface area is 102 Å². The molecule has 1 aromatic heterocycles. The Morgan fingerprint density at radius 2 is 2.12 bits per heavy atom. The Bertz CT molecular complexity index is 528. The molecule has 0 saturated carbocycles. The summed E-state index contributed by atoms with van der Waals surface area (Å²) in [6.45, 7) is 3.98. The molecule has 0 unspecified atom stereocenters. The van der Waals surface area contributed by atoms with Gasteiger partial charge in [0.25, 0.3) is 0 Å². The smallest absolute Gasteiger partial charge is 0.138 e. The quantitative estimate of drug-likeness (QED) is 0.900. The fraction of sp³-hybridized carbons (Fsp3) is 0.333. The maximum absolute atomic E-state index is 13.3. The lowest BCUT2D eigenvalue weighted by molar-refractivity contribution is 0.0628. The molecule has 0 aliphatic carbocycles. The highest BCUT2D eigenvalue weighted by molar-refractivity contribution is 9.10. The van der Waals surface area contributed by atoms with Crippen LogP contribution in [0.3, 0.4) is 0 Å². The largest absolute Gasteiger partial charge is 0.389 e. The summed E-state index contributed by atoms with van der Waals surface area (Å²) in [4.78, 5) is 0. The minimum Gasteiger partial charge on any atom is -0.389 e. The highest BCUT2D eigenvalue weighted by Gasteiger charge is 2.15. The lowest BCUT2D eigenvalue weighted by atomic mass is 10.1. The SMILES string of the molecule is CC(C)(O)Cn1ccc2cc(F)c(Br)cc21. The molecule has 0 saturated heterocycles. The van der Waals surface area contributed by atoms with Crippen molar-refractivity contribution in [3.05, 3.63) is 34.7 Å². The molecule has 0 fully saturated rings. The maximum atomic E-state index is 13.3. The summed E-state index contributed by atoms with van der Waals surface area (Å²) in [7, 11) is 0. The van der Waals surface area contributed by atoms with Gasteiger partial charge in [0, 0.05) is 17.1 Å². The van der Waals surface area contributed by atoms with Crippen molar-refractivity contribution < 1.29 is 9.50 Å². The van der Waals surface area contributed by atoms with E-state index in [-0.39, 0.29) is 5.82 Å². The van der Waals surface area contributed by atoms with Crippen LogP contribution in [0.1, 0.15) is 13.8 Å². The molecule has 4 heteroatoms. The van der Waals surface area contributed by atoms with Crippen molar-refractivity contribution in [3.8, 4) is 0 Å². The fourth-order valence-electron chi connectivity index (χ4n) is 1.74. The Morgan fingerprint density at radius 1 is 1.44 bits per heavy atom. The molecule has 1 aromatic carbocycles. The van der Waals surface area contributed by atoms with Crippen LogP contribution in [0.5, 0.6) is 0 Å². The number of rotatable bonds is 2. The summed E-state index contributed by atoms with van der Waals surface area (Å²) in [6.07, 6.45) is 1.86. The van der Waals surface area contributed by atoms with Crippen LogP contribution in [-0.2, 0) is 6.54 Å². The second kappa shape index (κ2) is 3.86. The summed E-state index contributed by atoms with van der Waals surface area (Å²) in [5.41, 5.74) is 0.127. The van der Waals surface area contributed by atoms with Crippen molar-refractivity contribution in [2.24, 2.45) is 0 Å². The number of fused-ring (bicyclic) bond motifs is 1. The van der Waals surface area contributed by atoms with Crippen LogP contribution in [0.4, 0.5) is 4.39 Å². The average Bonchev–Trinajstić information content (AvgIpc) is 2.47. The van der Waals surface area contributed by atoms with Crippen LogP contribution in [0.2, 0.25) is 0 Å². The molecule has 2 rings (SSSR count). The van der Waals surface area contributed by atoms with Crippen LogP contribution in [0.15, 0.2) is 28.9 Å². The minimum atomic E-state index is -0.785. The first-order valence-corrected chi connectivity index (χ1v) is 5.82. The number of aliphatic hydroxyl groups is 1. The van der Waals surface area contributed by atoms with E-state index in [9.17, 15) is 9.50 Å². The van der Waals surface area contributed by atoms with Crippen molar-refractivity contribution in [1.82, 2.24) is 4.57 Å². The molecule has 1 heterocycles. The molecule has 1 N–H and O–H groups in total. The zero-order valence-corrected chi connectivity index (χ0v) is 10.8. The Kier molecular flexibility index (Phi) is 2.80. The summed E-state index contributed by atoms with van der Waals surface area (Å²) in [6, 6.07) is 5.06. The second-order valence-corrected chi connectivity index (χ2v) is 5.44. The summed E-state index contributed by atoms with van der Waals surface area (Å²) < 4.78 is 15.6. The zero-order valence-electron chi connectivity index (χ0n) is 9.17. The van der Waals surface area contributed by atoms with Gasteiger partial charge in [-0.1, -0.05) is 0 Å². The number of aromatic nitrogens is 1. The number of hydrogen-bond acceptors (Lipinski definition) is 1. The van der Waals surface area contributed by atoms with E-state index in [0.29, 0.717) is 11.0 Å². The first kappa shape index (κ1) is 11.6. The van der Waals surface area contributed by atoms with Crippen molar-refractivity contribution in [1.29, 1.82) is 0 Å². The molecule has 0 bridgehead atoms. The van der Waals surface area contributed by atoms with E-state index in [1.165, 1.54) is 6.07 Å². The molecule has 86 valence electrons. The highest BCUT2D eigenvalue weighted by atomic mass is 79.9. The van der Waals surface area contributed by atoms with Gasteiger partial charge in [0.1, 0.15) is 5.82 Å².